The molecular formula is C11H10BrIN2. The van der Waals surface area contributed by atoms with Crippen molar-refractivity contribution < 1.29 is 0 Å². The van der Waals surface area contributed by atoms with Crippen LogP contribution in [0.2, 0.25) is 0 Å². The largest absolute Gasteiger partial charge is 0.397 e. The number of nitrogens with zero attached hydrogens (tertiary/aromatic N) is 1. The van der Waals surface area contributed by atoms with Gasteiger partial charge in [-0.2, -0.15) is 0 Å². The number of halogens is 2. The molecule has 1 heterocycles. The van der Waals surface area contributed by atoms with E-state index in [1.807, 2.05) is 19.9 Å². The van der Waals surface area contributed by atoms with Gasteiger partial charge in [0.1, 0.15) is 0 Å². The number of hydrogen-bond acceptors (Lipinski definition) is 2. The highest BCUT2D eigenvalue weighted by atomic mass is 127. The van der Waals surface area contributed by atoms with Crippen molar-refractivity contribution in [3.63, 3.8) is 0 Å². The molecule has 0 aliphatic carbocycles. The fraction of sp³-hybridized carbons (Fsp3) is 0.182. The molecule has 2 rings (SSSR count). The van der Waals surface area contributed by atoms with E-state index in [4.69, 9.17) is 5.73 Å². The number of hydrogen-bond donors (Lipinski definition) is 1. The minimum atomic E-state index is 0.822. The normalized spacial score (nSPS) is 10.9. The fourth-order valence-corrected chi connectivity index (χ4v) is 2.60. The Morgan fingerprint density at radius 1 is 1.33 bits per heavy atom. The Morgan fingerprint density at radius 3 is 2.67 bits per heavy atom. The molecule has 0 amide bonds. The molecule has 78 valence electrons. The highest BCUT2D eigenvalue weighted by molar-refractivity contribution is 14.1. The molecule has 0 unspecified atom stereocenters. The molecule has 1 aromatic heterocycles. The van der Waals surface area contributed by atoms with Gasteiger partial charge in [0.15, 0.2) is 0 Å². The minimum Gasteiger partial charge on any atom is -0.397 e. The fourth-order valence-electron chi connectivity index (χ4n) is 1.62. The number of nitrogen functional groups attached to an aromatic ring is 1. The first-order chi connectivity index (χ1) is 7.00. The lowest BCUT2D eigenvalue weighted by Gasteiger charge is -2.09. The standard InChI is InChI=1S/C11H10BrIN2/c1-5-3-7(12)4-8-10(14)9(13)6(2)15-11(5)8/h3-4H,1-2H3,(H2,14,15). The van der Waals surface area contributed by atoms with Crippen LogP contribution in [0.1, 0.15) is 11.3 Å². The lowest BCUT2D eigenvalue weighted by Crippen LogP contribution is -1.98. The summed E-state index contributed by atoms with van der Waals surface area (Å²) in [5.41, 5.74) is 10.0. The van der Waals surface area contributed by atoms with E-state index in [2.05, 4.69) is 49.6 Å². The number of fused-ring (bicyclic) bond motifs is 1. The Bertz CT molecular complexity index is 552. The number of pyridine rings is 1. The number of nitrogens with two attached hydrogens (primary N) is 1. The number of benzene rings is 1. The maximum absolute atomic E-state index is 6.09. The number of rotatable bonds is 0. The topological polar surface area (TPSA) is 38.9 Å². The molecule has 1 aromatic carbocycles. The van der Waals surface area contributed by atoms with Gasteiger partial charge in [0.25, 0.3) is 0 Å². The van der Waals surface area contributed by atoms with Gasteiger partial charge in [-0.25, -0.2) is 0 Å². The van der Waals surface area contributed by atoms with Gasteiger partial charge in [-0.1, -0.05) is 15.9 Å². The van der Waals surface area contributed by atoms with Crippen molar-refractivity contribution in [2.75, 3.05) is 5.73 Å². The third-order valence-electron chi connectivity index (χ3n) is 2.39. The maximum Gasteiger partial charge on any atom is 0.0756 e. The van der Waals surface area contributed by atoms with E-state index in [1.54, 1.807) is 0 Å². The lowest BCUT2D eigenvalue weighted by atomic mass is 10.1. The first kappa shape index (κ1) is 11.1. The number of anilines is 1. The van der Waals surface area contributed by atoms with Crippen LogP contribution >= 0.6 is 38.5 Å². The van der Waals surface area contributed by atoms with Crippen LogP contribution in [0.25, 0.3) is 10.9 Å². The molecule has 15 heavy (non-hydrogen) atoms. The Hall–Kier alpha value is -0.360. The molecule has 0 spiro atoms. The highest BCUT2D eigenvalue weighted by Crippen LogP contribution is 2.31. The second-order valence-corrected chi connectivity index (χ2v) is 5.54. The first-order valence-electron chi connectivity index (χ1n) is 4.52. The van der Waals surface area contributed by atoms with Crippen molar-refractivity contribution in [3.05, 3.63) is 31.4 Å². The highest BCUT2D eigenvalue weighted by Gasteiger charge is 2.09. The molecule has 2 aromatic rings. The van der Waals surface area contributed by atoms with Crippen molar-refractivity contribution in [1.82, 2.24) is 4.98 Å². The molecular weight excluding hydrogens is 367 g/mol. The molecule has 2 nitrogen and oxygen atoms in total. The molecule has 0 saturated carbocycles. The van der Waals surface area contributed by atoms with E-state index in [0.717, 1.165) is 35.9 Å². The van der Waals surface area contributed by atoms with Crippen LogP contribution in [0.15, 0.2) is 16.6 Å². The molecule has 0 bridgehead atoms. The van der Waals surface area contributed by atoms with Crippen molar-refractivity contribution >= 4 is 55.1 Å². The summed E-state index contributed by atoms with van der Waals surface area (Å²) < 4.78 is 2.08. The van der Waals surface area contributed by atoms with E-state index < -0.39 is 0 Å². The number of aromatic nitrogens is 1. The van der Waals surface area contributed by atoms with E-state index in [9.17, 15) is 0 Å². The third-order valence-corrected chi connectivity index (χ3v) is 4.21. The quantitative estimate of drug-likeness (QED) is 0.710. The Labute approximate surface area is 111 Å². The van der Waals surface area contributed by atoms with Crippen molar-refractivity contribution in [1.29, 1.82) is 0 Å². The summed E-state index contributed by atoms with van der Waals surface area (Å²) in [4.78, 5) is 4.57. The Morgan fingerprint density at radius 2 is 2.00 bits per heavy atom. The van der Waals surface area contributed by atoms with E-state index in [1.165, 1.54) is 0 Å². The van der Waals surface area contributed by atoms with E-state index in [-0.39, 0.29) is 0 Å². The molecule has 2 N–H and O–H groups in total. The van der Waals surface area contributed by atoms with Crippen molar-refractivity contribution in [2.24, 2.45) is 0 Å². The zero-order valence-electron chi connectivity index (χ0n) is 8.44. The summed E-state index contributed by atoms with van der Waals surface area (Å²) in [6.45, 7) is 4.03. The van der Waals surface area contributed by atoms with Gasteiger partial charge in [-0.15, -0.1) is 0 Å². The van der Waals surface area contributed by atoms with Crippen molar-refractivity contribution in [3.8, 4) is 0 Å². The summed E-state index contributed by atoms with van der Waals surface area (Å²) in [7, 11) is 0. The van der Waals surface area contributed by atoms with Crippen molar-refractivity contribution in [2.45, 2.75) is 13.8 Å². The predicted octanol–water partition coefficient (Wildman–Crippen LogP) is 3.80. The monoisotopic (exact) mass is 376 g/mol. The summed E-state index contributed by atoms with van der Waals surface area (Å²) in [6, 6.07) is 4.08. The smallest absolute Gasteiger partial charge is 0.0756 e. The van der Waals surface area contributed by atoms with Crippen LogP contribution < -0.4 is 5.73 Å². The van der Waals surface area contributed by atoms with Gasteiger partial charge in [0.2, 0.25) is 0 Å². The van der Waals surface area contributed by atoms with Crippen LogP contribution in [0.3, 0.4) is 0 Å². The molecule has 0 fully saturated rings. The Balaban J connectivity index is 2.98. The summed E-state index contributed by atoms with van der Waals surface area (Å²) >= 11 is 5.71. The molecule has 0 saturated heterocycles. The van der Waals surface area contributed by atoms with Gasteiger partial charge in [0, 0.05) is 9.86 Å². The predicted molar refractivity (Wildman–Crippen MR) is 76.0 cm³/mol. The average molecular weight is 377 g/mol. The van der Waals surface area contributed by atoms with Crippen LogP contribution in [0.5, 0.6) is 0 Å². The van der Waals surface area contributed by atoms with E-state index in [0.29, 0.717) is 0 Å². The molecule has 4 heteroatoms. The summed E-state index contributed by atoms with van der Waals surface area (Å²) in [6.07, 6.45) is 0. The maximum atomic E-state index is 6.09. The second-order valence-electron chi connectivity index (χ2n) is 3.54. The van der Waals surface area contributed by atoms with Crippen LogP contribution in [-0.2, 0) is 0 Å². The van der Waals surface area contributed by atoms with Gasteiger partial charge in [-0.3, -0.25) is 4.98 Å². The lowest BCUT2D eigenvalue weighted by molar-refractivity contribution is 1.22. The van der Waals surface area contributed by atoms with Gasteiger partial charge < -0.3 is 5.73 Å². The summed E-state index contributed by atoms with van der Waals surface area (Å²) in [5.74, 6) is 0. The summed E-state index contributed by atoms with van der Waals surface area (Å²) in [5, 5.41) is 1.02. The van der Waals surface area contributed by atoms with Crippen LogP contribution in [-0.4, -0.2) is 4.98 Å². The van der Waals surface area contributed by atoms with Crippen LogP contribution in [0.4, 0.5) is 5.69 Å². The molecule has 0 aliphatic heterocycles. The zero-order valence-corrected chi connectivity index (χ0v) is 12.2. The zero-order chi connectivity index (χ0) is 11.2. The number of aryl methyl sites for hydroxylation is 2. The van der Waals surface area contributed by atoms with Gasteiger partial charge >= 0.3 is 0 Å². The van der Waals surface area contributed by atoms with E-state index >= 15 is 0 Å². The molecule has 0 radical (unpaired) electrons. The average Bonchev–Trinajstić information content (AvgIpc) is 2.17. The molecule has 0 aliphatic rings. The second kappa shape index (κ2) is 3.90. The van der Waals surface area contributed by atoms with Gasteiger partial charge in [-0.05, 0) is 54.1 Å². The minimum absolute atomic E-state index is 0.822. The third kappa shape index (κ3) is 1.85. The molecule has 0 atom stereocenters. The van der Waals surface area contributed by atoms with Crippen LogP contribution in [0, 0.1) is 17.4 Å². The SMILES string of the molecule is Cc1nc2c(C)cc(Br)cc2c(N)c1I. The first-order valence-corrected chi connectivity index (χ1v) is 6.39. The Kier molecular flexibility index (Phi) is 2.89. The van der Waals surface area contributed by atoms with Gasteiger partial charge in [0.05, 0.1) is 20.5 Å².